The maximum Gasteiger partial charge on any atom is 0.157 e. The Kier molecular flexibility index (Phi) is 7.31. The molecule has 132 valence electrons. The van der Waals surface area contributed by atoms with E-state index in [0.717, 1.165) is 35.7 Å². The molecule has 0 atom stereocenters. The third-order valence-electron chi connectivity index (χ3n) is 3.62. The quantitative estimate of drug-likeness (QED) is 0.660. The van der Waals surface area contributed by atoms with E-state index in [-0.39, 0.29) is 18.2 Å². The summed E-state index contributed by atoms with van der Waals surface area (Å²) in [4.78, 5) is 0. The summed E-state index contributed by atoms with van der Waals surface area (Å²) in [6.07, 6.45) is 1.67. The SMILES string of the molecule is Fc1ccc(COc2ccc(Cl)cc2C[NH2+]Cc2ccco2)cc1.[Cl-]. The third-order valence-corrected chi connectivity index (χ3v) is 3.86. The molecule has 3 nitrogen and oxygen atoms in total. The summed E-state index contributed by atoms with van der Waals surface area (Å²) in [6, 6.07) is 15.7. The number of hydrogen-bond acceptors (Lipinski definition) is 2. The average Bonchev–Trinajstić information content (AvgIpc) is 3.09. The second kappa shape index (κ2) is 9.47. The number of quaternary nitrogens is 1. The van der Waals surface area contributed by atoms with Crippen LogP contribution in [-0.2, 0) is 19.7 Å². The van der Waals surface area contributed by atoms with Gasteiger partial charge in [0.15, 0.2) is 5.76 Å². The Bertz CT molecular complexity index is 777. The molecule has 3 rings (SSSR count). The van der Waals surface area contributed by atoms with Gasteiger partial charge in [-0.3, -0.25) is 0 Å². The molecule has 2 N–H and O–H groups in total. The second-order valence-corrected chi connectivity index (χ2v) is 5.88. The van der Waals surface area contributed by atoms with Crippen molar-refractivity contribution in [2.24, 2.45) is 0 Å². The lowest BCUT2D eigenvalue weighted by Crippen LogP contribution is -3.00. The van der Waals surface area contributed by atoms with Crippen molar-refractivity contribution >= 4 is 11.6 Å². The van der Waals surface area contributed by atoms with Gasteiger partial charge in [0.25, 0.3) is 0 Å². The van der Waals surface area contributed by atoms with Crippen LogP contribution in [0.15, 0.2) is 65.3 Å². The van der Waals surface area contributed by atoms with Gasteiger partial charge < -0.3 is 26.9 Å². The number of nitrogens with two attached hydrogens (primary N) is 1. The standard InChI is InChI=1S/C19H17ClFNO2.ClH/c20-16-5-8-19(24-13-14-3-6-17(21)7-4-14)15(10-16)11-22-12-18-2-1-9-23-18;/h1-10,22H,11-13H2;1H. The van der Waals surface area contributed by atoms with Crippen molar-refractivity contribution in [1.29, 1.82) is 0 Å². The zero-order valence-electron chi connectivity index (χ0n) is 13.4. The Morgan fingerprint density at radius 1 is 1.04 bits per heavy atom. The lowest BCUT2D eigenvalue weighted by atomic mass is 10.2. The maximum absolute atomic E-state index is 12.9. The van der Waals surface area contributed by atoms with Gasteiger partial charge in [-0.15, -0.1) is 0 Å². The number of ether oxygens (including phenoxy) is 1. The molecule has 0 saturated heterocycles. The van der Waals surface area contributed by atoms with E-state index in [1.54, 1.807) is 24.5 Å². The Hall–Kier alpha value is -2.01. The van der Waals surface area contributed by atoms with Crippen molar-refractivity contribution in [3.8, 4) is 5.75 Å². The van der Waals surface area contributed by atoms with Gasteiger partial charge in [-0.05, 0) is 48.0 Å². The molecule has 0 spiro atoms. The van der Waals surface area contributed by atoms with Crippen LogP contribution >= 0.6 is 11.6 Å². The van der Waals surface area contributed by atoms with E-state index in [1.165, 1.54) is 12.1 Å². The zero-order valence-corrected chi connectivity index (χ0v) is 14.9. The van der Waals surface area contributed by atoms with Crippen molar-refractivity contribution in [3.63, 3.8) is 0 Å². The molecule has 1 heterocycles. The van der Waals surface area contributed by atoms with E-state index in [2.05, 4.69) is 5.32 Å². The molecule has 6 heteroatoms. The van der Waals surface area contributed by atoms with Gasteiger partial charge in [-0.25, -0.2) is 4.39 Å². The first-order valence-electron chi connectivity index (χ1n) is 7.70. The predicted octanol–water partition coefficient (Wildman–Crippen LogP) is 0.919. The molecule has 0 saturated carbocycles. The van der Waals surface area contributed by atoms with Crippen LogP contribution in [0.1, 0.15) is 16.9 Å². The highest BCUT2D eigenvalue weighted by atomic mass is 35.5. The van der Waals surface area contributed by atoms with Crippen molar-refractivity contribution in [1.82, 2.24) is 0 Å². The first-order valence-corrected chi connectivity index (χ1v) is 8.08. The summed E-state index contributed by atoms with van der Waals surface area (Å²) in [5, 5.41) is 2.79. The summed E-state index contributed by atoms with van der Waals surface area (Å²) in [7, 11) is 0. The highest BCUT2D eigenvalue weighted by Gasteiger charge is 2.08. The minimum atomic E-state index is -0.251. The molecule has 1 aromatic heterocycles. The van der Waals surface area contributed by atoms with Crippen LogP contribution < -0.4 is 22.5 Å². The first kappa shape index (κ1) is 19.3. The van der Waals surface area contributed by atoms with Crippen LogP contribution in [0, 0.1) is 5.82 Å². The van der Waals surface area contributed by atoms with Crippen molar-refractivity contribution in [2.75, 3.05) is 0 Å². The fourth-order valence-corrected chi connectivity index (χ4v) is 2.58. The van der Waals surface area contributed by atoms with E-state index in [0.29, 0.717) is 11.6 Å². The van der Waals surface area contributed by atoms with Crippen LogP contribution in [0.25, 0.3) is 0 Å². The summed E-state index contributed by atoms with van der Waals surface area (Å²) in [5.41, 5.74) is 1.92. The summed E-state index contributed by atoms with van der Waals surface area (Å²) >= 11 is 6.10. The van der Waals surface area contributed by atoms with E-state index in [1.807, 2.05) is 24.3 Å². The minimum Gasteiger partial charge on any atom is -1.00 e. The monoisotopic (exact) mass is 381 g/mol. The van der Waals surface area contributed by atoms with Crippen LogP contribution in [0.5, 0.6) is 5.75 Å². The van der Waals surface area contributed by atoms with Crippen molar-refractivity contribution in [2.45, 2.75) is 19.7 Å². The Morgan fingerprint density at radius 3 is 2.56 bits per heavy atom. The van der Waals surface area contributed by atoms with E-state index < -0.39 is 0 Å². The van der Waals surface area contributed by atoms with E-state index >= 15 is 0 Å². The van der Waals surface area contributed by atoms with Gasteiger partial charge >= 0.3 is 0 Å². The van der Waals surface area contributed by atoms with Crippen LogP contribution in [-0.4, -0.2) is 0 Å². The largest absolute Gasteiger partial charge is 1.00 e. The minimum absolute atomic E-state index is 0. The molecule has 0 aliphatic heterocycles. The van der Waals surface area contributed by atoms with Gasteiger partial charge in [0, 0.05) is 10.6 Å². The summed E-state index contributed by atoms with van der Waals surface area (Å²) < 4.78 is 24.1. The number of halogens is 3. The zero-order chi connectivity index (χ0) is 16.8. The molecule has 0 bridgehead atoms. The highest BCUT2D eigenvalue weighted by molar-refractivity contribution is 6.30. The highest BCUT2D eigenvalue weighted by Crippen LogP contribution is 2.23. The Morgan fingerprint density at radius 2 is 1.84 bits per heavy atom. The molecule has 0 fully saturated rings. The Labute approximate surface area is 157 Å². The molecule has 3 aromatic rings. The number of rotatable bonds is 7. The normalized spacial score (nSPS) is 10.3. The fraction of sp³-hybridized carbons (Fsp3) is 0.158. The molecule has 0 unspecified atom stereocenters. The van der Waals surface area contributed by atoms with Crippen LogP contribution in [0.3, 0.4) is 0 Å². The molecule has 0 aliphatic carbocycles. The smallest absolute Gasteiger partial charge is 0.157 e. The maximum atomic E-state index is 12.9. The molecule has 0 radical (unpaired) electrons. The Balaban J connectivity index is 0.00000225. The number of benzene rings is 2. The lowest BCUT2D eigenvalue weighted by Gasteiger charge is -2.11. The van der Waals surface area contributed by atoms with E-state index in [4.69, 9.17) is 20.8 Å². The van der Waals surface area contributed by atoms with E-state index in [9.17, 15) is 4.39 Å². The molecule has 0 aliphatic rings. The summed E-state index contributed by atoms with van der Waals surface area (Å²) in [5.74, 6) is 1.45. The first-order chi connectivity index (χ1) is 11.7. The lowest BCUT2D eigenvalue weighted by molar-refractivity contribution is -0.688. The number of furan rings is 1. The third kappa shape index (κ3) is 5.78. The van der Waals surface area contributed by atoms with Crippen molar-refractivity contribution in [3.05, 3.63) is 88.6 Å². The van der Waals surface area contributed by atoms with Gasteiger partial charge in [0.2, 0.25) is 0 Å². The second-order valence-electron chi connectivity index (χ2n) is 5.44. The molecular formula is C19H18Cl2FNO2. The molecule has 0 amide bonds. The van der Waals surface area contributed by atoms with Crippen molar-refractivity contribution < 1.29 is 31.3 Å². The van der Waals surface area contributed by atoms with Crippen LogP contribution in [0.4, 0.5) is 4.39 Å². The van der Waals surface area contributed by atoms with Crippen LogP contribution in [0.2, 0.25) is 5.02 Å². The average molecular weight is 382 g/mol. The molecule has 2 aromatic carbocycles. The topological polar surface area (TPSA) is 39.0 Å². The fourth-order valence-electron chi connectivity index (χ4n) is 2.39. The molecule has 25 heavy (non-hydrogen) atoms. The number of hydrogen-bond donors (Lipinski definition) is 1. The van der Waals surface area contributed by atoms with Gasteiger partial charge in [-0.2, -0.15) is 0 Å². The van der Waals surface area contributed by atoms with Gasteiger partial charge in [0.1, 0.15) is 31.3 Å². The van der Waals surface area contributed by atoms with Gasteiger partial charge in [0.05, 0.1) is 6.26 Å². The molecular weight excluding hydrogens is 364 g/mol. The summed E-state index contributed by atoms with van der Waals surface area (Å²) in [6.45, 7) is 1.85. The predicted molar refractivity (Wildman–Crippen MR) is 90.2 cm³/mol. The van der Waals surface area contributed by atoms with Gasteiger partial charge in [-0.1, -0.05) is 23.7 Å².